The molecule has 94 valence electrons. The summed E-state index contributed by atoms with van der Waals surface area (Å²) < 4.78 is 10.3. The predicted molar refractivity (Wildman–Crippen MR) is 69.4 cm³/mol. The third-order valence-corrected chi connectivity index (χ3v) is 2.67. The summed E-state index contributed by atoms with van der Waals surface area (Å²) in [6.45, 7) is 1.78. The van der Waals surface area contributed by atoms with Crippen molar-refractivity contribution in [1.29, 1.82) is 0 Å². The number of furan rings is 1. The zero-order chi connectivity index (χ0) is 13.1. The lowest BCUT2D eigenvalue weighted by Crippen LogP contribution is -2.10. The number of carbonyl (C=O) groups is 1. The van der Waals surface area contributed by atoms with Gasteiger partial charge in [0.05, 0.1) is 12.1 Å². The number of amides is 1. The van der Waals surface area contributed by atoms with Gasteiger partial charge >= 0.3 is 0 Å². The maximum Gasteiger partial charge on any atom is 0.291 e. The molecule has 2 aromatic rings. The lowest BCUT2D eigenvalue weighted by Gasteiger charge is -2.06. The molecule has 0 unspecified atom stereocenters. The fourth-order valence-corrected chi connectivity index (χ4v) is 1.75. The second kappa shape index (κ2) is 5.14. The van der Waals surface area contributed by atoms with Crippen molar-refractivity contribution in [3.05, 3.63) is 46.9 Å². The molecule has 0 fully saturated rings. The van der Waals surface area contributed by atoms with Crippen LogP contribution in [0.1, 0.15) is 16.3 Å². The van der Waals surface area contributed by atoms with E-state index in [0.717, 1.165) is 0 Å². The molecular weight excluding hydrogens is 254 g/mol. The second-order valence-electron chi connectivity index (χ2n) is 3.71. The van der Waals surface area contributed by atoms with Crippen LogP contribution >= 0.6 is 11.6 Å². The van der Waals surface area contributed by atoms with Crippen molar-refractivity contribution in [2.45, 2.75) is 6.92 Å². The van der Waals surface area contributed by atoms with Gasteiger partial charge in [-0.1, -0.05) is 11.6 Å². The number of methoxy groups -OCH3 is 1. The summed E-state index contributed by atoms with van der Waals surface area (Å²) in [5.74, 6) is 1.19. The summed E-state index contributed by atoms with van der Waals surface area (Å²) in [7, 11) is 1.53. The van der Waals surface area contributed by atoms with Crippen LogP contribution in [0.15, 0.2) is 34.7 Å². The molecule has 1 aromatic heterocycles. The molecule has 1 heterocycles. The summed E-state index contributed by atoms with van der Waals surface area (Å²) in [5, 5.41) is 3.13. The topological polar surface area (TPSA) is 51.5 Å². The van der Waals surface area contributed by atoms with Crippen molar-refractivity contribution in [2.24, 2.45) is 0 Å². The molecular formula is C13H12ClNO3. The van der Waals surface area contributed by atoms with Crippen LogP contribution in [0.2, 0.25) is 5.02 Å². The molecule has 0 aliphatic heterocycles. The maximum absolute atomic E-state index is 11.8. The summed E-state index contributed by atoms with van der Waals surface area (Å²) >= 11 is 5.96. The Bertz CT molecular complexity index is 577. The van der Waals surface area contributed by atoms with Crippen molar-refractivity contribution in [2.75, 3.05) is 12.4 Å². The van der Waals surface area contributed by atoms with Crippen LogP contribution in [0.3, 0.4) is 0 Å². The summed E-state index contributed by atoms with van der Waals surface area (Å²) in [4.78, 5) is 11.8. The zero-order valence-electron chi connectivity index (χ0n) is 9.99. The number of carbonyl (C=O) groups excluding carboxylic acids is 1. The van der Waals surface area contributed by atoms with Gasteiger partial charge in [-0.3, -0.25) is 4.79 Å². The van der Waals surface area contributed by atoms with Gasteiger partial charge in [0.25, 0.3) is 5.91 Å². The van der Waals surface area contributed by atoms with Crippen LogP contribution in [0.25, 0.3) is 0 Å². The highest BCUT2D eigenvalue weighted by Gasteiger charge is 2.11. The van der Waals surface area contributed by atoms with Gasteiger partial charge in [-0.05, 0) is 37.3 Å². The van der Waals surface area contributed by atoms with Crippen LogP contribution in [-0.2, 0) is 0 Å². The second-order valence-corrected chi connectivity index (χ2v) is 4.12. The molecule has 0 spiro atoms. The maximum atomic E-state index is 11.8. The minimum absolute atomic E-state index is 0.263. The van der Waals surface area contributed by atoms with Crippen molar-refractivity contribution in [3.8, 4) is 5.75 Å². The van der Waals surface area contributed by atoms with Crippen molar-refractivity contribution < 1.29 is 13.9 Å². The molecule has 5 heteroatoms. The summed E-state index contributed by atoms with van der Waals surface area (Å²) in [6.07, 6.45) is 0. The molecule has 0 radical (unpaired) electrons. The van der Waals surface area contributed by atoms with Gasteiger partial charge in [0.15, 0.2) is 5.76 Å². The fraction of sp³-hybridized carbons (Fsp3) is 0.154. The number of nitrogens with one attached hydrogen (secondary N) is 1. The highest BCUT2D eigenvalue weighted by Crippen LogP contribution is 2.27. The molecule has 1 N–H and O–H groups in total. The minimum Gasteiger partial charge on any atom is -0.495 e. The minimum atomic E-state index is -0.315. The standard InChI is InChI=1S/C13H12ClNO3/c1-8-3-5-12(18-8)13(16)15-9-4-6-11(17-2)10(14)7-9/h3-7H,1-2H3,(H,15,16). The quantitative estimate of drug-likeness (QED) is 0.924. The number of benzene rings is 1. The SMILES string of the molecule is COc1ccc(NC(=O)c2ccc(C)o2)cc1Cl. The first-order valence-corrected chi connectivity index (χ1v) is 5.69. The van der Waals surface area contributed by atoms with Crippen LogP contribution < -0.4 is 10.1 Å². The monoisotopic (exact) mass is 265 g/mol. The molecule has 4 nitrogen and oxygen atoms in total. The smallest absolute Gasteiger partial charge is 0.291 e. The fourth-order valence-electron chi connectivity index (χ4n) is 1.49. The number of hydrogen-bond acceptors (Lipinski definition) is 3. The van der Waals surface area contributed by atoms with Crippen LogP contribution in [-0.4, -0.2) is 13.0 Å². The Balaban J connectivity index is 2.14. The van der Waals surface area contributed by atoms with Gasteiger partial charge in [0.2, 0.25) is 0 Å². The van der Waals surface area contributed by atoms with E-state index in [1.807, 2.05) is 0 Å². The molecule has 0 aliphatic rings. The Morgan fingerprint density at radius 1 is 1.33 bits per heavy atom. The van der Waals surface area contributed by atoms with Gasteiger partial charge in [-0.25, -0.2) is 0 Å². The van der Waals surface area contributed by atoms with E-state index in [4.69, 9.17) is 20.8 Å². The number of halogens is 1. The summed E-state index contributed by atoms with van der Waals surface area (Å²) in [6, 6.07) is 8.36. The van der Waals surface area contributed by atoms with E-state index < -0.39 is 0 Å². The normalized spacial score (nSPS) is 10.2. The van der Waals surface area contributed by atoms with Crippen LogP contribution in [0.5, 0.6) is 5.75 Å². The van der Waals surface area contributed by atoms with Crippen molar-refractivity contribution in [1.82, 2.24) is 0 Å². The highest BCUT2D eigenvalue weighted by atomic mass is 35.5. The largest absolute Gasteiger partial charge is 0.495 e. The number of ether oxygens (including phenoxy) is 1. The lowest BCUT2D eigenvalue weighted by atomic mass is 10.3. The Morgan fingerprint density at radius 2 is 2.11 bits per heavy atom. The average Bonchev–Trinajstić information content (AvgIpc) is 2.76. The Hall–Kier alpha value is -1.94. The number of aryl methyl sites for hydroxylation is 1. The Morgan fingerprint density at radius 3 is 2.67 bits per heavy atom. The van der Waals surface area contributed by atoms with E-state index in [2.05, 4.69) is 5.32 Å². The number of hydrogen-bond donors (Lipinski definition) is 1. The van der Waals surface area contributed by atoms with Gasteiger partial charge in [0, 0.05) is 5.69 Å². The van der Waals surface area contributed by atoms with E-state index in [9.17, 15) is 4.79 Å². The van der Waals surface area contributed by atoms with Crippen molar-refractivity contribution in [3.63, 3.8) is 0 Å². The molecule has 18 heavy (non-hydrogen) atoms. The first-order chi connectivity index (χ1) is 8.60. The van der Waals surface area contributed by atoms with E-state index in [-0.39, 0.29) is 11.7 Å². The molecule has 1 amide bonds. The highest BCUT2D eigenvalue weighted by molar-refractivity contribution is 6.32. The van der Waals surface area contributed by atoms with Crippen molar-refractivity contribution >= 4 is 23.2 Å². The Labute approximate surface area is 110 Å². The van der Waals surface area contributed by atoms with Gasteiger partial charge < -0.3 is 14.5 Å². The van der Waals surface area contributed by atoms with Gasteiger partial charge in [-0.2, -0.15) is 0 Å². The van der Waals surface area contributed by atoms with E-state index >= 15 is 0 Å². The predicted octanol–water partition coefficient (Wildman–Crippen LogP) is 3.50. The molecule has 0 atom stereocenters. The summed E-state index contributed by atoms with van der Waals surface area (Å²) in [5.41, 5.74) is 0.583. The third-order valence-electron chi connectivity index (χ3n) is 2.37. The van der Waals surface area contributed by atoms with Gasteiger partial charge in [0.1, 0.15) is 11.5 Å². The Kier molecular flexibility index (Phi) is 3.58. The molecule has 0 bridgehead atoms. The first kappa shape index (κ1) is 12.5. The van der Waals surface area contributed by atoms with Crippen LogP contribution in [0.4, 0.5) is 5.69 Å². The average molecular weight is 266 g/mol. The molecule has 2 rings (SSSR count). The van der Waals surface area contributed by atoms with E-state index in [1.165, 1.54) is 7.11 Å². The van der Waals surface area contributed by atoms with Crippen LogP contribution in [0, 0.1) is 6.92 Å². The molecule has 0 aliphatic carbocycles. The van der Waals surface area contributed by atoms with Gasteiger partial charge in [-0.15, -0.1) is 0 Å². The molecule has 0 saturated heterocycles. The van der Waals surface area contributed by atoms with E-state index in [1.54, 1.807) is 37.3 Å². The molecule has 0 saturated carbocycles. The molecule has 1 aromatic carbocycles. The lowest BCUT2D eigenvalue weighted by molar-refractivity contribution is 0.0995. The third kappa shape index (κ3) is 2.65. The number of anilines is 1. The first-order valence-electron chi connectivity index (χ1n) is 5.31. The van der Waals surface area contributed by atoms with E-state index in [0.29, 0.717) is 22.2 Å². The zero-order valence-corrected chi connectivity index (χ0v) is 10.7. The number of rotatable bonds is 3.